The van der Waals surface area contributed by atoms with E-state index in [1.807, 2.05) is 37.4 Å². The molecule has 0 amide bonds. The van der Waals surface area contributed by atoms with Crippen LogP contribution in [-0.4, -0.2) is 41.8 Å². The zero-order valence-corrected chi connectivity index (χ0v) is 11.8. The number of rotatable bonds is 5. The number of H-pyrrole nitrogens is 1. The molecule has 1 aromatic carbocycles. The molecular formula is C13H18N2O3S. The predicted octanol–water partition coefficient (Wildman–Crippen LogP) is 1.88. The first-order valence-electron chi connectivity index (χ1n) is 6.07. The van der Waals surface area contributed by atoms with Crippen LogP contribution in [0.15, 0.2) is 30.5 Å². The summed E-state index contributed by atoms with van der Waals surface area (Å²) in [4.78, 5) is 4.82. The van der Waals surface area contributed by atoms with Gasteiger partial charge in [0.25, 0.3) is 10.1 Å². The summed E-state index contributed by atoms with van der Waals surface area (Å²) in [5, 5.41) is 1.15. The van der Waals surface area contributed by atoms with Gasteiger partial charge in [-0.05, 0) is 32.0 Å². The highest BCUT2D eigenvalue weighted by Crippen LogP contribution is 2.20. The average molecular weight is 282 g/mol. The second kappa shape index (κ2) is 5.32. The van der Waals surface area contributed by atoms with Crippen LogP contribution in [0.5, 0.6) is 0 Å². The first-order valence-corrected chi connectivity index (χ1v) is 7.68. The number of benzene rings is 1. The quantitative estimate of drug-likeness (QED) is 0.821. The molecule has 104 valence electrons. The molecule has 0 fully saturated rings. The van der Waals surface area contributed by atoms with Crippen LogP contribution in [0.3, 0.4) is 0 Å². The van der Waals surface area contributed by atoms with Crippen molar-refractivity contribution < 1.29 is 13.0 Å². The minimum atomic E-state index is -3.97. The largest absolute Gasteiger partial charge is 0.361 e. The molecule has 2 rings (SSSR count). The summed E-state index contributed by atoms with van der Waals surface area (Å²) in [6.07, 6.45) is 2.67. The van der Waals surface area contributed by atoms with Gasteiger partial charge in [-0.3, -0.25) is 9.45 Å². The lowest BCUT2D eigenvalue weighted by atomic mass is 10.1. The third-order valence-corrected chi connectivity index (χ3v) is 4.04. The molecule has 1 atom stereocenters. The minimum absolute atomic E-state index is 0.0149. The third kappa shape index (κ3) is 3.56. The molecule has 0 saturated carbocycles. The number of aromatic nitrogens is 1. The maximum Gasteiger partial charge on any atom is 0.278 e. The Labute approximate surface area is 113 Å². The molecule has 2 aromatic rings. The summed E-state index contributed by atoms with van der Waals surface area (Å²) in [5.41, 5.74) is 2.22. The van der Waals surface area contributed by atoms with E-state index in [9.17, 15) is 8.42 Å². The number of para-hydroxylation sites is 1. The molecule has 0 radical (unpaired) electrons. The summed E-state index contributed by atoms with van der Waals surface area (Å²) in [6, 6.07) is 8.01. The Kier molecular flexibility index (Phi) is 3.93. The zero-order valence-electron chi connectivity index (χ0n) is 11.0. The number of fused-ring (bicyclic) bond motifs is 1. The van der Waals surface area contributed by atoms with Gasteiger partial charge in [-0.2, -0.15) is 8.42 Å². The Balaban J connectivity index is 2.12. The molecule has 0 aliphatic heterocycles. The van der Waals surface area contributed by atoms with E-state index >= 15 is 0 Å². The van der Waals surface area contributed by atoms with Gasteiger partial charge in [0.15, 0.2) is 0 Å². The van der Waals surface area contributed by atoms with Crippen molar-refractivity contribution in [2.75, 3.05) is 12.9 Å². The average Bonchev–Trinajstić information content (AvgIpc) is 2.70. The van der Waals surface area contributed by atoms with E-state index in [1.54, 1.807) is 11.9 Å². The fourth-order valence-corrected chi connectivity index (χ4v) is 2.93. The van der Waals surface area contributed by atoms with Gasteiger partial charge in [-0.25, -0.2) is 0 Å². The van der Waals surface area contributed by atoms with Crippen molar-refractivity contribution in [3.63, 3.8) is 0 Å². The van der Waals surface area contributed by atoms with Crippen LogP contribution in [0.25, 0.3) is 10.9 Å². The summed E-state index contributed by atoms with van der Waals surface area (Å²) in [7, 11) is -2.28. The van der Waals surface area contributed by atoms with Crippen molar-refractivity contribution in [3.05, 3.63) is 36.0 Å². The minimum Gasteiger partial charge on any atom is -0.361 e. The lowest BCUT2D eigenvalue weighted by Crippen LogP contribution is -2.35. The van der Waals surface area contributed by atoms with Crippen LogP contribution < -0.4 is 0 Å². The van der Waals surface area contributed by atoms with Crippen molar-refractivity contribution >= 4 is 21.0 Å². The number of nitrogens with zero attached hydrogens (tertiary/aromatic N) is 1. The number of hydrogen-bond acceptors (Lipinski definition) is 3. The molecule has 0 aliphatic carbocycles. The second-order valence-corrected chi connectivity index (χ2v) is 6.30. The van der Waals surface area contributed by atoms with Crippen LogP contribution in [-0.2, 0) is 16.5 Å². The highest BCUT2D eigenvalue weighted by atomic mass is 32.2. The normalized spacial score (nSPS) is 14.1. The van der Waals surface area contributed by atoms with Gasteiger partial charge in [-0.15, -0.1) is 0 Å². The van der Waals surface area contributed by atoms with Gasteiger partial charge >= 0.3 is 0 Å². The molecular weight excluding hydrogens is 264 g/mol. The van der Waals surface area contributed by atoms with Gasteiger partial charge in [0.2, 0.25) is 0 Å². The monoisotopic (exact) mass is 282 g/mol. The lowest BCUT2D eigenvalue weighted by molar-refractivity contribution is 0.285. The Morgan fingerprint density at radius 3 is 2.74 bits per heavy atom. The summed E-state index contributed by atoms with van der Waals surface area (Å²) >= 11 is 0. The van der Waals surface area contributed by atoms with E-state index < -0.39 is 10.1 Å². The highest BCUT2D eigenvalue weighted by Gasteiger charge is 2.17. The molecule has 0 bridgehead atoms. The van der Waals surface area contributed by atoms with Gasteiger partial charge in [0.1, 0.15) is 5.88 Å². The Morgan fingerprint density at radius 1 is 1.37 bits per heavy atom. The number of nitrogens with one attached hydrogen (secondary N) is 1. The van der Waals surface area contributed by atoms with Crippen LogP contribution in [0.4, 0.5) is 0 Å². The first kappa shape index (κ1) is 14.0. The Bertz CT molecular complexity index is 663. The van der Waals surface area contributed by atoms with E-state index in [1.165, 1.54) is 0 Å². The van der Waals surface area contributed by atoms with E-state index in [0.717, 1.165) is 22.9 Å². The predicted molar refractivity (Wildman–Crippen MR) is 75.6 cm³/mol. The lowest BCUT2D eigenvalue weighted by Gasteiger charge is -2.22. The summed E-state index contributed by atoms with van der Waals surface area (Å²) < 4.78 is 30.6. The highest BCUT2D eigenvalue weighted by molar-refractivity contribution is 7.85. The van der Waals surface area contributed by atoms with Gasteiger partial charge in [0.05, 0.1) is 0 Å². The fourth-order valence-electron chi connectivity index (χ4n) is 2.16. The van der Waals surface area contributed by atoms with E-state index in [-0.39, 0.29) is 11.9 Å². The van der Waals surface area contributed by atoms with Crippen LogP contribution in [0, 0.1) is 0 Å². The van der Waals surface area contributed by atoms with E-state index in [0.29, 0.717) is 0 Å². The second-order valence-electron chi connectivity index (χ2n) is 4.88. The van der Waals surface area contributed by atoms with Crippen molar-refractivity contribution in [3.8, 4) is 0 Å². The molecule has 19 heavy (non-hydrogen) atoms. The topological polar surface area (TPSA) is 73.4 Å². The molecule has 6 heteroatoms. The molecule has 5 nitrogen and oxygen atoms in total. The maximum atomic E-state index is 10.9. The molecule has 2 N–H and O–H groups in total. The zero-order chi connectivity index (χ0) is 14.0. The van der Waals surface area contributed by atoms with Crippen molar-refractivity contribution in [2.24, 2.45) is 0 Å². The van der Waals surface area contributed by atoms with Crippen LogP contribution in [0.1, 0.15) is 12.5 Å². The molecule has 1 heterocycles. The smallest absolute Gasteiger partial charge is 0.278 e. The van der Waals surface area contributed by atoms with Crippen molar-refractivity contribution in [2.45, 2.75) is 19.4 Å². The van der Waals surface area contributed by atoms with Gasteiger partial charge in [-0.1, -0.05) is 18.2 Å². The van der Waals surface area contributed by atoms with Crippen molar-refractivity contribution in [1.29, 1.82) is 0 Å². The number of likely N-dealkylation sites (N-methyl/N-ethyl adjacent to an activating group) is 1. The third-order valence-electron chi connectivity index (χ3n) is 3.31. The summed E-state index contributed by atoms with van der Waals surface area (Å²) in [6.45, 7) is 1.94. The molecule has 0 aliphatic rings. The first-order chi connectivity index (χ1) is 8.87. The molecule has 0 saturated heterocycles. The standard InChI is InChI=1S/C13H18N2O3S/c1-10(15(2)9-19(16,17)18)7-11-8-14-13-6-4-3-5-12(11)13/h3-6,8,10,14H,7,9H2,1-2H3,(H,16,17,18). The number of hydrogen-bond donors (Lipinski definition) is 2. The van der Waals surface area contributed by atoms with Crippen LogP contribution in [0.2, 0.25) is 0 Å². The van der Waals surface area contributed by atoms with Crippen molar-refractivity contribution in [1.82, 2.24) is 9.88 Å². The fraction of sp³-hybridized carbons (Fsp3) is 0.385. The van der Waals surface area contributed by atoms with E-state index in [2.05, 4.69) is 4.98 Å². The number of aromatic amines is 1. The maximum absolute atomic E-state index is 10.9. The van der Waals surface area contributed by atoms with E-state index in [4.69, 9.17) is 4.55 Å². The van der Waals surface area contributed by atoms with Crippen LogP contribution >= 0.6 is 0 Å². The van der Waals surface area contributed by atoms with Gasteiger partial charge in [0, 0.05) is 23.1 Å². The molecule has 1 unspecified atom stereocenters. The van der Waals surface area contributed by atoms with Gasteiger partial charge < -0.3 is 4.98 Å². The SMILES string of the molecule is CC(Cc1c[nH]c2ccccc12)N(C)CS(=O)(=O)O. The Morgan fingerprint density at radius 2 is 2.05 bits per heavy atom. The summed E-state index contributed by atoms with van der Waals surface area (Å²) in [5.74, 6) is -0.351. The Hall–Kier alpha value is -1.37. The molecule has 0 spiro atoms. The molecule has 1 aromatic heterocycles.